The van der Waals surface area contributed by atoms with Crippen molar-refractivity contribution in [2.75, 3.05) is 13.2 Å². The maximum absolute atomic E-state index is 11.4. The summed E-state index contributed by atoms with van der Waals surface area (Å²) in [4.78, 5) is 11.4. The smallest absolute Gasteiger partial charge is 0.306 e. The molecule has 0 spiro atoms. The predicted molar refractivity (Wildman–Crippen MR) is 87.9 cm³/mol. The second-order valence-electron chi connectivity index (χ2n) is 7.18. The largest absolute Gasteiger partial charge is 0.458 e. The first kappa shape index (κ1) is 17.0. The van der Waals surface area contributed by atoms with E-state index in [1.807, 2.05) is 0 Å². The number of allylic oxidation sites excluding steroid dienone is 1. The molecule has 1 aliphatic carbocycles. The normalized spacial score (nSPS) is 31.5. The molecule has 0 aromatic rings. The van der Waals surface area contributed by atoms with E-state index in [-0.39, 0.29) is 17.9 Å². The Morgan fingerprint density at radius 3 is 2.65 bits per heavy atom. The third-order valence-electron chi connectivity index (χ3n) is 5.52. The lowest BCUT2D eigenvalue weighted by Crippen LogP contribution is -2.31. The highest BCUT2D eigenvalue weighted by molar-refractivity contribution is 5.73. The van der Waals surface area contributed by atoms with Crippen LogP contribution in [0.25, 0.3) is 0 Å². The molecular weight excluding hydrogens is 292 g/mol. The molecule has 23 heavy (non-hydrogen) atoms. The fourth-order valence-corrected chi connectivity index (χ4v) is 4.17. The SMILES string of the molecule is CCCCCCCC1(CCC2C=CC3OC(=O)CC23)OCCO1. The van der Waals surface area contributed by atoms with Crippen molar-refractivity contribution in [1.29, 1.82) is 0 Å². The predicted octanol–water partition coefficient (Wildman–Crippen LogP) is 3.99. The highest BCUT2D eigenvalue weighted by Crippen LogP contribution is 2.41. The van der Waals surface area contributed by atoms with Crippen molar-refractivity contribution in [3.63, 3.8) is 0 Å². The third-order valence-corrected chi connectivity index (χ3v) is 5.52. The first-order valence-corrected chi connectivity index (χ1v) is 9.38. The van der Waals surface area contributed by atoms with Gasteiger partial charge in [-0.3, -0.25) is 4.79 Å². The van der Waals surface area contributed by atoms with Crippen molar-refractivity contribution in [3.8, 4) is 0 Å². The van der Waals surface area contributed by atoms with Crippen LogP contribution in [0.5, 0.6) is 0 Å². The molecule has 0 bridgehead atoms. The summed E-state index contributed by atoms with van der Waals surface area (Å²) in [5.74, 6) is 0.344. The Balaban J connectivity index is 1.46. The number of rotatable bonds is 9. The van der Waals surface area contributed by atoms with Crippen molar-refractivity contribution >= 4 is 5.97 Å². The monoisotopic (exact) mass is 322 g/mol. The summed E-state index contributed by atoms with van der Waals surface area (Å²) >= 11 is 0. The number of unbranched alkanes of at least 4 members (excludes halogenated alkanes) is 4. The zero-order valence-corrected chi connectivity index (χ0v) is 14.3. The van der Waals surface area contributed by atoms with E-state index in [0.717, 1.165) is 19.3 Å². The van der Waals surface area contributed by atoms with Gasteiger partial charge in [-0.1, -0.05) is 38.7 Å². The highest BCUT2D eigenvalue weighted by atomic mass is 16.7. The maximum Gasteiger partial charge on any atom is 0.306 e. The van der Waals surface area contributed by atoms with Gasteiger partial charge in [0.15, 0.2) is 5.79 Å². The van der Waals surface area contributed by atoms with Gasteiger partial charge in [-0.15, -0.1) is 0 Å². The van der Waals surface area contributed by atoms with Gasteiger partial charge in [0.25, 0.3) is 0 Å². The van der Waals surface area contributed by atoms with E-state index in [1.54, 1.807) is 0 Å². The number of carbonyl (C=O) groups is 1. The molecule has 2 saturated heterocycles. The van der Waals surface area contributed by atoms with Crippen molar-refractivity contribution < 1.29 is 19.0 Å². The first-order valence-electron chi connectivity index (χ1n) is 9.38. The summed E-state index contributed by atoms with van der Waals surface area (Å²) < 4.78 is 17.3. The summed E-state index contributed by atoms with van der Waals surface area (Å²) in [7, 11) is 0. The Bertz CT molecular complexity index is 425. The molecule has 3 rings (SSSR count). The Morgan fingerprint density at radius 2 is 1.87 bits per heavy atom. The van der Waals surface area contributed by atoms with Crippen molar-refractivity contribution in [1.82, 2.24) is 0 Å². The van der Waals surface area contributed by atoms with Gasteiger partial charge in [0, 0.05) is 18.8 Å². The molecule has 3 atom stereocenters. The van der Waals surface area contributed by atoms with Gasteiger partial charge in [-0.2, -0.15) is 0 Å². The molecule has 4 heteroatoms. The number of hydrogen-bond donors (Lipinski definition) is 0. The van der Waals surface area contributed by atoms with Crippen molar-refractivity contribution in [2.24, 2.45) is 11.8 Å². The Morgan fingerprint density at radius 1 is 1.09 bits per heavy atom. The number of fused-ring (bicyclic) bond motifs is 1. The van der Waals surface area contributed by atoms with E-state index in [4.69, 9.17) is 14.2 Å². The van der Waals surface area contributed by atoms with Gasteiger partial charge in [0.2, 0.25) is 0 Å². The van der Waals surface area contributed by atoms with Crippen LogP contribution in [0.1, 0.15) is 64.7 Å². The summed E-state index contributed by atoms with van der Waals surface area (Å²) in [5.41, 5.74) is 0. The maximum atomic E-state index is 11.4. The lowest BCUT2D eigenvalue weighted by molar-refractivity contribution is -0.170. The molecule has 0 N–H and O–H groups in total. The highest BCUT2D eigenvalue weighted by Gasteiger charge is 2.43. The quantitative estimate of drug-likeness (QED) is 0.366. The number of carbonyl (C=O) groups excluding carboxylic acids is 1. The molecule has 0 saturated carbocycles. The van der Waals surface area contributed by atoms with Crippen molar-refractivity contribution in [3.05, 3.63) is 12.2 Å². The molecule has 2 aliphatic heterocycles. The molecule has 4 nitrogen and oxygen atoms in total. The second kappa shape index (κ2) is 7.80. The zero-order valence-electron chi connectivity index (χ0n) is 14.3. The lowest BCUT2D eigenvalue weighted by Gasteiger charge is -2.29. The standard InChI is InChI=1S/C19H30O4/c1-2-3-4-5-6-10-19(21-12-13-22-19)11-9-15-7-8-17-16(15)14-18(20)23-17/h7-8,15-17H,2-6,9-14H2,1H3. The summed E-state index contributed by atoms with van der Waals surface area (Å²) in [6.07, 6.45) is 14.1. The molecule has 0 aromatic carbocycles. The van der Waals surface area contributed by atoms with Crippen LogP contribution >= 0.6 is 0 Å². The minimum atomic E-state index is -0.373. The topological polar surface area (TPSA) is 44.8 Å². The van der Waals surface area contributed by atoms with E-state index in [9.17, 15) is 4.79 Å². The molecule has 3 unspecified atom stereocenters. The summed E-state index contributed by atoms with van der Waals surface area (Å²) in [5, 5.41) is 0. The van der Waals surface area contributed by atoms with Gasteiger partial charge in [-0.25, -0.2) is 0 Å². The molecule has 0 radical (unpaired) electrons. The average molecular weight is 322 g/mol. The van der Waals surface area contributed by atoms with Crippen LogP contribution in [0.15, 0.2) is 12.2 Å². The zero-order chi connectivity index (χ0) is 16.1. The van der Waals surface area contributed by atoms with Crippen molar-refractivity contribution in [2.45, 2.75) is 76.6 Å². The van der Waals surface area contributed by atoms with Gasteiger partial charge in [0.1, 0.15) is 6.10 Å². The van der Waals surface area contributed by atoms with Crippen LogP contribution in [0.3, 0.4) is 0 Å². The molecule has 130 valence electrons. The fourth-order valence-electron chi connectivity index (χ4n) is 4.17. The fraction of sp³-hybridized carbons (Fsp3) is 0.842. The number of hydrogen-bond acceptors (Lipinski definition) is 4. The molecule has 3 aliphatic rings. The van der Waals surface area contributed by atoms with E-state index >= 15 is 0 Å². The van der Waals surface area contributed by atoms with E-state index < -0.39 is 0 Å². The molecular formula is C19H30O4. The van der Waals surface area contributed by atoms with Gasteiger partial charge in [-0.05, 0) is 24.8 Å². The van der Waals surface area contributed by atoms with Gasteiger partial charge < -0.3 is 14.2 Å². The molecule has 0 amide bonds. The summed E-state index contributed by atoms with van der Waals surface area (Å²) in [6, 6.07) is 0. The minimum absolute atomic E-state index is 0.0166. The first-order chi connectivity index (χ1) is 11.2. The molecule has 2 fully saturated rings. The van der Waals surface area contributed by atoms with Crippen LogP contribution in [0.2, 0.25) is 0 Å². The Hall–Kier alpha value is -0.870. The Kier molecular flexibility index (Phi) is 5.76. The van der Waals surface area contributed by atoms with Crippen LogP contribution in [-0.2, 0) is 19.0 Å². The van der Waals surface area contributed by atoms with Crippen LogP contribution in [-0.4, -0.2) is 31.1 Å². The van der Waals surface area contributed by atoms with E-state index in [0.29, 0.717) is 31.5 Å². The second-order valence-corrected chi connectivity index (χ2v) is 7.18. The van der Waals surface area contributed by atoms with Gasteiger partial charge >= 0.3 is 5.97 Å². The molecule has 2 heterocycles. The lowest BCUT2D eigenvalue weighted by atomic mass is 9.86. The summed E-state index contributed by atoms with van der Waals surface area (Å²) in [6.45, 7) is 3.66. The number of esters is 1. The van der Waals surface area contributed by atoms with Crippen LogP contribution in [0.4, 0.5) is 0 Å². The van der Waals surface area contributed by atoms with Gasteiger partial charge in [0.05, 0.1) is 19.6 Å². The van der Waals surface area contributed by atoms with E-state index in [2.05, 4.69) is 19.1 Å². The van der Waals surface area contributed by atoms with Crippen LogP contribution in [0, 0.1) is 11.8 Å². The Labute approximate surface area is 139 Å². The average Bonchev–Trinajstić information content (AvgIpc) is 3.22. The number of ether oxygens (including phenoxy) is 3. The minimum Gasteiger partial charge on any atom is -0.458 e. The third kappa shape index (κ3) is 4.16. The van der Waals surface area contributed by atoms with Crippen LogP contribution < -0.4 is 0 Å². The van der Waals surface area contributed by atoms with E-state index in [1.165, 1.54) is 32.1 Å². The molecule has 0 aromatic heterocycles.